The zero-order valence-electron chi connectivity index (χ0n) is 14.5. The Kier molecular flexibility index (Phi) is 7.06. The zero-order valence-corrected chi connectivity index (χ0v) is 16.0. The fourth-order valence-corrected chi connectivity index (χ4v) is 2.70. The van der Waals surface area contributed by atoms with Crippen molar-refractivity contribution in [1.29, 1.82) is 0 Å². The first-order chi connectivity index (χ1) is 12.9. The highest BCUT2D eigenvalue weighted by molar-refractivity contribution is 6.36. The molecule has 0 saturated heterocycles. The number of nitrogens with two attached hydrogens (primary N) is 1. The lowest BCUT2D eigenvalue weighted by Crippen LogP contribution is -2.38. The number of rotatable bonds is 6. The van der Waals surface area contributed by atoms with E-state index in [0.717, 1.165) is 0 Å². The summed E-state index contributed by atoms with van der Waals surface area (Å²) in [5, 5.41) is 3.03. The van der Waals surface area contributed by atoms with Crippen molar-refractivity contribution in [1.82, 2.24) is 10.7 Å². The molecule has 2 aromatic carbocycles. The normalized spacial score (nSPS) is 10.9. The largest absolute Gasteiger partial charge is 0.493 e. The van der Waals surface area contributed by atoms with Crippen LogP contribution in [0.25, 0.3) is 6.08 Å². The molecule has 9 heteroatoms. The average molecular weight is 410 g/mol. The number of carbonyl (C=O) groups excluding carboxylic acids is 2. The SMILES string of the molecule is COc1ccc(/C=C(/NC(=O)c2ccc(Cl)cc2Cl)C(=O)NN)cc1OC. The molecule has 142 valence electrons. The molecule has 2 aromatic rings. The number of hydrogen-bond acceptors (Lipinski definition) is 5. The van der Waals surface area contributed by atoms with Gasteiger partial charge in [0.05, 0.1) is 24.8 Å². The molecule has 2 amide bonds. The summed E-state index contributed by atoms with van der Waals surface area (Å²) < 4.78 is 10.4. The van der Waals surface area contributed by atoms with Crippen molar-refractivity contribution in [2.24, 2.45) is 5.84 Å². The Morgan fingerprint density at radius 3 is 2.33 bits per heavy atom. The van der Waals surface area contributed by atoms with E-state index in [1.807, 2.05) is 5.43 Å². The third-order valence-corrected chi connectivity index (χ3v) is 4.07. The summed E-state index contributed by atoms with van der Waals surface area (Å²) >= 11 is 11.9. The highest BCUT2D eigenvalue weighted by atomic mass is 35.5. The van der Waals surface area contributed by atoms with Gasteiger partial charge in [-0.05, 0) is 42.0 Å². The maximum absolute atomic E-state index is 12.5. The zero-order chi connectivity index (χ0) is 20.0. The molecular formula is C18H17Cl2N3O4. The van der Waals surface area contributed by atoms with Gasteiger partial charge in [0.1, 0.15) is 5.70 Å². The molecule has 0 unspecified atom stereocenters. The molecule has 0 fully saturated rings. The van der Waals surface area contributed by atoms with Gasteiger partial charge < -0.3 is 14.8 Å². The van der Waals surface area contributed by atoms with Crippen LogP contribution in [-0.4, -0.2) is 26.0 Å². The van der Waals surface area contributed by atoms with E-state index in [1.54, 1.807) is 18.2 Å². The smallest absolute Gasteiger partial charge is 0.281 e. The second-order valence-electron chi connectivity index (χ2n) is 5.22. The molecule has 0 radical (unpaired) electrons. The number of ether oxygens (including phenoxy) is 2. The standard InChI is InChI=1S/C18H17Cl2N3O4/c1-26-15-6-3-10(8-16(15)27-2)7-14(18(25)23-21)22-17(24)12-5-4-11(19)9-13(12)20/h3-9H,21H2,1-2H3,(H,22,24)(H,23,25)/b14-7+. The number of methoxy groups -OCH3 is 2. The van der Waals surface area contributed by atoms with Gasteiger partial charge in [0.2, 0.25) is 0 Å². The Morgan fingerprint density at radius 1 is 1.04 bits per heavy atom. The van der Waals surface area contributed by atoms with Crippen molar-refractivity contribution in [3.8, 4) is 11.5 Å². The number of benzene rings is 2. The Hall–Kier alpha value is -2.74. The van der Waals surface area contributed by atoms with Gasteiger partial charge in [-0.15, -0.1) is 0 Å². The van der Waals surface area contributed by atoms with Crippen LogP contribution in [-0.2, 0) is 4.79 Å². The first-order valence-electron chi connectivity index (χ1n) is 7.60. The third-order valence-electron chi connectivity index (χ3n) is 3.52. The van der Waals surface area contributed by atoms with E-state index in [1.165, 1.54) is 38.5 Å². The van der Waals surface area contributed by atoms with Crippen LogP contribution in [0.1, 0.15) is 15.9 Å². The molecule has 0 aliphatic carbocycles. The second-order valence-corrected chi connectivity index (χ2v) is 6.07. The molecule has 27 heavy (non-hydrogen) atoms. The van der Waals surface area contributed by atoms with Crippen molar-refractivity contribution in [2.45, 2.75) is 0 Å². The molecule has 0 aromatic heterocycles. The summed E-state index contributed by atoms with van der Waals surface area (Å²) in [4.78, 5) is 24.5. The van der Waals surface area contributed by atoms with Crippen LogP contribution in [0.4, 0.5) is 0 Å². The monoisotopic (exact) mass is 409 g/mol. The van der Waals surface area contributed by atoms with Crippen molar-refractivity contribution >= 4 is 41.1 Å². The van der Waals surface area contributed by atoms with E-state index < -0.39 is 11.8 Å². The molecule has 0 aliphatic rings. The Bertz CT molecular complexity index is 900. The van der Waals surface area contributed by atoms with Crippen LogP contribution in [0.15, 0.2) is 42.1 Å². The summed E-state index contributed by atoms with van der Waals surface area (Å²) in [6.45, 7) is 0. The first kappa shape index (κ1) is 20.6. The number of carbonyl (C=O) groups is 2. The highest BCUT2D eigenvalue weighted by Crippen LogP contribution is 2.28. The minimum Gasteiger partial charge on any atom is -0.493 e. The molecule has 7 nitrogen and oxygen atoms in total. The average Bonchev–Trinajstić information content (AvgIpc) is 2.66. The van der Waals surface area contributed by atoms with E-state index in [0.29, 0.717) is 22.1 Å². The first-order valence-corrected chi connectivity index (χ1v) is 8.36. The van der Waals surface area contributed by atoms with Crippen molar-refractivity contribution < 1.29 is 19.1 Å². The van der Waals surface area contributed by atoms with Crippen molar-refractivity contribution in [3.05, 3.63) is 63.3 Å². The quantitative estimate of drug-likeness (QED) is 0.294. The molecule has 4 N–H and O–H groups in total. The highest BCUT2D eigenvalue weighted by Gasteiger charge is 2.16. The summed E-state index contributed by atoms with van der Waals surface area (Å²) in [6.07, 6.45) is 1.44. The number of hydrazine groups is 1. The summed E-state index contributed by atoms with van der Waals surface area (Å²) in [5.41, 5.74) is 2.64. The van der Waals surface area contributed by atoms with E-state index >= 15 is 0 Å². The molecule has 0 heterocycles. The number of halogens is 2. The van der Waals surface area contributed by atoms with E-state index in [-0.39, 0.29) is 16.3 Å². The van der Waals surface area contributed by atoms with E-state index in [2.05, 4.69) is 5.32 Å². The Labute approximate surface area is 166 Å². The maximum atomic E-state index is 12.5. The van der Waals surface area contributed by atoms with Gasteiger partial charge in [-0.1, -0.05) is 29.3 Å². The summed E-state index contributed by atoms with van der Waals surface area (Å²) in [7, 11) is 3.00. The van der Waals surface area contributed by atoms with Gasteiger partial charge in [-0.3, -0.25) is 15.0 Å². The minimum atomic E-state index is -0.691. The lowest BCUT2D eigenvalue weighted by Gasteiger charge is -2.11. The number of hydrogen-bond donors (Lipinski definition) is 3. The van der Waals surface area contributed by atoms with Gasteiger partial charge in [0.25, 0.3) is 11.8 Å². The summed E-state index contributed by atoms with van der Waals surface area (Å²) in [5.74, 6) is 4.92. The van der Waals surface area contributed by atoms with Crippen LogP contribution >= 0.6 is 23.2 Å². The molecule has 0 atom stereocenters. The van der Waals surface area contributed by atoms with Crippen LogP contribution < -0.4 is 26.1 Å². The summed E-state index contributed by atoms with van der Waals surface area (Å²) in [6, 6.07) is 9.40. The minimum absolute atomic E-state index is 0.0827. The second kappa shape index (κ2) is 9.27. The van der Waals surface area contributed by atoms with Crippen LogP contribution in [0.5, 0.6) is 11.5 Å². The van der Waals surface area contributed by atoms with Crippen LogP contribution in [0.2, 0.25) is 10.0 Å². The van der Waals surface area contributed by atoms with Crippen molar-refractivity contribution in [3.63, 3.8) is 0 Å². The van der Waals surface area contributed by atoms with E-state index in [4.69, 9.17) is 38.5 Å². The van der Waals surface area contributed by atoms with Gasteiger partial charge in [0, 0.05) is 5.02 Å². The maximum Gasteiger partial charge on any atom is 0.281 e. The number of amides is 2. The van der Waals surface area contributed by atoms with Gasteiger partial charge >= 0.3 is 0 Å². The van der Waals surface area contributed by atoms with Crippen LogP contribution in [0, 0.1) is 0 Å². The molecule has 0 bridgehead atoms. The molecule has 0 aliphatic heterocycles. The van der Waals surface area contributed by atoms with Crippen LogP contribution in [0.3, 0.4) is 0 Å². The van der Waals surface area contributed by atoms with Gasteiger partial charge in [-0.25, -0.2) is 5.84 Å². The fraction of sp³-hybridized carbons (Fsp3) is 0.111. The Balaban J connectivity index is 2.36. The predicted octanol–water partition coefficient (Wildman–Crippen LogP) is 2.77. The molecule has 0 saturated carbocycles. The fourth-order valence-electron chi connectivity index (χ4n) is 2.21. The lowest BCUT2D eigenvalue weighted by molar-refractivity contribution is -0.117. The Morgan fingerprint density at radius 2 is 1.74 bits per heavy atom. The lowest BCUT2D eigenvalue weighted by atomic mass is 10.1. The van der Waals surface area contributed by atoms with Gasteiger partial charge in [-0.2, -0.15) is 0 Å². The third kappa shape index (κ3) is 5.13. The molecular weight excluding hydrogens is 393 g/mol. The predicted molar refractivity (Wildman–Crippen MR) is 104 cm³/mol. The van der Waals surface area contributed by atoms with Gasteiger partial charge in [0.15, 0.2) is 11.5 Å². The molecule has 2 rings (SSSR count). The van der Waals surface area contributed by atoms with Crippen molar-refractivity contribution in [2.75, 3.05) is 14.2 Å². The van der Waals surface area contributed by atoms with E-state index in [9.17, 15) is 9.59 Å². The topological polar surface area (TPSA) is 103 Å². The number of nitrogens with one attached hydrogen (secondary N) is 2. The molecule has 0 spiro atoms.